The van der Waals surface area contributed by atoms with Crippen molar-refractivity contribution in [3.05, 3.63) is 12.2 Å². The van der Waals surface area contributed by atoms with E-state index in [-0.39, 0.29) is 0 Å². The number of rotatable bonds is 4. The first-order valence-electron chi connectivity index (χ1n) is 4.88. The number of nitrogens with zero attached hydrogens (tertiary/aromatic N) is 1. The van der Waals surface area contributed by atoms with Gasteiger partial charge in [0.25, 0.3) is 0 Å². The Morgan fingerprint density at radius 1 is 1.69 bits per heavy atom. The number of likely N-dealkylation sites (tertiary alicyclic amines) is 1. The monoisotopic (exact) mass is 184 g/mol. The van der Waals surface area contributed by atoms with Crippen molar-refractivity contribution in [2.45, 2.75) is 18.9 Å². The molecule has 0 spiro atoms. The zero-order chi connectivity index (χ0) is 9.68. The van der Waals surface area contributed by atoms with Crippen molar-refractivity contribution in [3.8, 4) is 0 Å². The van der Waals surface area contributed by atoms with E-state index in [9.17, 15) is 0 Å². The summed E-state index contributed by atoms with van der Waals surface area (Å²) in [6, 6.07) is 0. The van der Waals surface area contributed by atoms with Crippen LogP contribution in [-0.2, 0) is 4.74 Å². The van der Waals surface area contributed by atoms with Gasteiger partial charge in [-0.1, -0.05) is 6.58 Å². The van der Waals surface area contributed by atoms with Crippen LogP contribution in [0.2, 0.25) is 0 Å². The summed E-state index contributed by atoms with van der Waals surface area (Å²) in [7, 11) is 1.78. The Hall–Kier alpha value is -0.380. The summed E-state index contributed by atoms with van der Waals surface area (Å²) < 4.78 is 5.33. The van der Waals surface area contributed by atoms with Gasteiger partial charge in [0.2, 0.25) is 0 Å². The van der Waals surface area contributed by atoms with Gasteiger partial charge in [-0.05, 0) is 25.0 Å². The van der Waals surface area contributed by atoms with Gasteiger partial charge in [-0.3, -0.25) is 4.90 Å². The lowest BCUT2D eigenvalue weighted by Gasteiger charge is -2.32. The number of hydrogen-bond donors (Lipinski definition) is 1. The molecular weight excluding hydrogens is 164 g/mol. The molecule has 0 bridgehead atoms. The highest BCUT2D eigenvalue weighted by atomic mass is 16.5. The van der Waals surface area contributed by atoms with Gasteiger partial charge in [0.05, 0.1) is 6.10 Å². The van der Waals surface area contributed by atoms with Crippen molar-refractivity contribution < 1.29 is 4.74 Å². The third-order valence-electron chi connectivity index (χ3n) is 2.53. The molecule has 1 fully saturated rings. The molecule has 1 aliphatic rings. The van der Waals surface area contributed by atoms with Gasteiger partial charge < -0.3 is 10.5 Å². The molecule has 0 aromatic carbocycles. The molecule has 0 radical (unpaired) electrons. The normalized spacial score (nSPS) is 24.6. The van der Waals surface area contributed by atoms with Crippen molar-refractivity contribution in [2.75, 3.05) is 33.3 Å². The van der Waals surface area contributed by atoms with E-state index in [2.05, 4.69) is 11.5 Å². The fourth-order valence-electron chi connectivity index (χ4n) is 1.73. The number of methoxy groups -OCH3 is 1. The fraction of sp³-hybridized carbons (Fsp3) is 0.800. The summed E-state index contributed by atoms with van der Waals surface area (Å²) in [6.07, 6.45) is 2.80. The Balaban J connectivity index is 2.29. The number of piperidine rings is 1. The Labute approximate surface area is 80.5 Å². The molecule has 0 aliphatic carbocycles. The van der Waals surface area contributed by atoms with E-state index >= 15 is 0 Å². The molecule has 3 nitrogen and oxygen atoms in total. The average molecular weight is 184 g/mol. The highest BCUT2D eigenvalue weighted by Crippen LogP contribution is 2.12. The summed E-state index contributed by atoms with van der Waals surface area (Å²) in [5.74, 6) is 0. The molecule has 0 aromatic rings. The smallest absolute Gasteiger partial charge is 0.0698 e. The van der Waals surface area contributed by atoms with Crippen LogP contribution in [0.3, 0.4) is 0 Å². The first kappa shape index (κ1) is 10.7. The lowest BCUT2D eigenvalue weighted by Crippen LogP contribution is -2.40. The summed E-state index contributed by atoms with van der Waals surface area (Å²) >= 11 is 0. The number of hydrogen-bond acceptors (Lipinski definition) is 3. The van der Waals surface area contributed by atoms with Crippen molar-refractivity contribution in [1.29, 1.82) is 0 Å². The van der Waals surface area contributed by atoms with Gasteiger partial charge in [-0.2, -0.15) is 0 Å². The predicted octanol–water partition coefficient (Wildman–Crippen LogP) is 0.612. The highest BCUT2D eigenvalue weighted by Gasteiger charge is 2.18. The minimum absolute atomic E-state index is 0.402. The minimum atomic E-state index is 0.402. The third-order valence-corrected chi connectivity index (χ3v) is 2.53. The van der Waals surface area contributed by atoms with Gasteiger partial charge in [0, 0.05) is 26.7 Å². The maximum atomic E-state index is 5.50. The summed E-state index contributed by atoms with van der Waals surface area (Å²) in [5, 5.41) is 0. The summed E-state index contributed by atoms with van der Waals surface area (Å²) in [6.45, 7) is 7.60. The van der Waals surface area contributed by atoms with Crippen LogP contribution in [-0.4, -0.2) is 44.3 Å². The van der Waals surface area contributed by atoms with Gasteiger partial charge in [-0.25, -0.2) is 0 Å². The molecular formula is C10H20N2O. The summed E-state index contributed by atoms with van der Waals surface area (Å²) in [5.41, 5.74) is 6.61. The van der Waals surface area contributed by atoms with Crippen LogP contribution >= 0.6 is 0 Å². The zero-order valence-corrected chi connectivity index (χ0v) is 8.46. The molecule has 1 heterocycles. The average Bonchev–Trinajstić information content (AvgIpc) is 2.18. The maximum absolute atomic E-state index is 5.50. The molecule has 3 heteroatoms. The molecule has 0 aromatic heterocycles. The van der Waals surface area contributed by atoms with Crippen LogP contribution in [0, 0.1) is 0 Å². The molecule has 1 rings (SSSR count). The fourth-order valence-corrected chi connectivity index (χ4v) is 1.73. The van der Waals surface area contributed by atoms with Crippen LogP contribution < -0.4 is 5.73 Å². The lowest BCUT2D eigenvalue weighted by atomic mass is 10.1. The van der Waals surface area contributed by atoms with Gasteiger partial charge in [0.1, 0.15) is 0 Å². The Kier molecular flexibility index (Phi) is 4.42. The maximum Gasteiger partial charge on any atom is 0.0698 e. The minimum Gasteiger partial charge on any atom is -0.380 e. The van der Waals surface area contributed by atoms with E-state index < -0.39 is 0 Å². The third kappa shape index (κ3) is 3.46. The topological polar surface area (TPSA) is 38.5 Å². The van der Waals surface area contributed by atoms with Crippen molar-refractivity contribution in [3.63, 3.8) is 0 Å². The SMILES string of the molecule is C=C(CN)CN1CCCC(OC)C1. The number of ether oxygens (including phenoxy) is 1. The molecule has 1 unspecified atom stereocenters. The quantitative estimate of drug-likeness (QED) is 0.651. The highest BCUT2D eigenvalue weighted by molar-refractivity contribution is 4.99. The standard InChI is InChI=1S/C10H20N2O/c1-9(6-11)7-12-5-3-4-10(8-12)13-2/h10H,1,3-8,11H2,2H3. The van der Waals surface area contributed by atoms with Crippen LogP contribution in [0.1, 0.15) is 12.8 Å². The second kappa shape index (κ2) is 5.37. The van der Waals surface area contributed by atoms with Gasteiger partial charge >= 0.3 is 0 Å². The Bertz CT molecular complexity index is 170. The molecule has 1 saturated heterocycles. The predicted molar refractivity (Wildman–Crippen MR) is 54.7 cm³/mol. The van der Waals surface area contributed by atoms with E-state index in [1.54, 1.807) is 7.11 Å². The molecule has 1 aliphatic heterocycles. The van der Waals surface area contributed by atoms with E-state index in [0.717, 1.165) is 25.2 Å². The van der Waals surface area contributed by atoms with Crippen LogP contribution in [0.4, 0.5) is 0 Å². The lowest BCUT2D eigenvalue weighted by molar-refractivity contribution is 0.0347. The molecule has 2 N–H and O–H groups in total. The largest absolute Gasteiger partial charge is 0.380 e. The molecule has 0 saturated carbocycles. The van der Waals surface area contributed by atoms with Crippen LogP contribution in [0.15, 0.2) is 12.2 Å². The first-order valence-corrected chi connectivity index (χ1v) is 4.88. The van der Waals surface area contributed by atoms with E-state index in [1.165, 1.54) is 12.8 Å². The van der Waals surface area contributed by atoms with E-state index in [4.69, 9.17) is 10.5 Å². The van der Waals surface area contributed by atoms with Gasteiger partial charge in [-0.15, -0.1) is 0 Å². The molecule has 1 atom stereocenters. The Morgan fingerprint density at radius 2 is 2.46 bits per heavy atom. The van der Waals surface area contributed by atoms with Crippen molar-refractivity contribution >= 4 is 0 Å². The van der Waals surface area contributed by atoms with E-state index in [0.29, 0.717) is 12.6 Å². The van der Waals surface area contributed by atoms with Crippen LogP contribution in [0.5, 0.6) is 0 Å². The molecule has 76 valence electrons. The first-order chi connectivity index (χ1) is 6.26. The molecule has 13 heavy (non-hydrogen) atoms. The van der Waals surface area contributed by atoms with Crippen molar-refractivity contribution in [2.24, 2.45) is 5.73 Å². The Morgan fingerprint density at radius 3 is 3.08 bits per heavy atom. The summed E-state index contributed by atoms with van der Waals surface area (Å²) in [4.78, 5) is 2.37. The second-order valence-electron chi connectivity index (χ2n) is 3.69. The second-order valence-corrected chi connectivity index (χ2v) is 3.69. The van der Waals surface area contributed by atoms with Gasteiger partial charge in [0.15, 0.2) is 0 Å². The zero-order valence-electron chi connectivity index (χ0n) is 8.46. The van der Waals surface area contributed by atoms with E-state index in [1.807, 2.05) is 0 Å². The molecule has 0 amide bonds. The van der Waals surface area contributed by atoms with Crippen LogP contribution in [0.25, 0.3) is 0 Å². The number of nitrogens with two attached hydrogens (primary N) is 1. The van der Waals surface area contributed by atoms with Crippen molar-refractivity contribution in [1.82, 2.24) is 4.90 Å².